The first kappa shape index (κ1) is 36.5. The van der Waals surface area contributed by atoms with E-state index in [9.17, 15) is 0 Å². The molecule has 8 heteroatoms. The van der Waals surface area contributed by atoms with Crippen LogP contribution in [0.15, 0.2) is 194 Å². The van der Waals surface area contributed by atoms with Crippen molar-refractivity contribution in [2.75, 3.05) is 10.6 Å². The van der Waals surface area contributed by atoms with E-state index in [1.807, 2.05) is 60.7 Å². The molecule has 2 aliphatic rings. The number of pyridine rings is 2. The molecule has 0 saturated carbocycles. The Labute approximate surface area is 358 Å². The average molecular weight is 799 g/mol. The highest BCUT2D eigenvalue weighted by atomic mass is 15.0. The first-order valence-electron chi connectivity index (χ1n) is 20.6. The zero-order valence-electron chi connectivity index (χ0n) is 33.4. The molecule has 0 spiro atoms. The third-order valence-electron chi connectivity index (χ3n) is 11.1. The summed E-state index contributed by atoms with van der Waals surface area (Å²) in [6.45, 7) is 0. The lowest BCUT2D eigenvalue weighted by Gasteiger charge is -2.11. The van der Waals surface area contributed by atoms with Gasteiger partial charge in [-0.25, -0.2) is 19.9 Å². The van der Waals surface area contributed by atoms with Gasteiger partial charge in [-0.1, -0.05) is 133 Å². The predicted octanol–water partition coefficient (Wildman–Crippen LogP) is 13.0. The number of hydrogen-bond donors (Lipinski definition) is 4. The van der Waals surface area contributed by atoms with E-state index in [1.165, 1.54) is 0 Å². The first-order chi connectivity index (χ1) is 30.7. The van der Waals surface area contributed by atoms with Gasteiger partial charge in [-0.3, -0.25) is 0 Å². The van der Waals surface area contributed by atoms with Crippen LogP contribution in [0.3, 0.4) is 0 Å². The quantitative estimate of drug-likeness (QED) is 0.122. The number of nitrogens with one attached hydrogen (secondary N) is 4. The Morgan fingerprint density at radius 1 is 0.323 bits per heavy atom. The molecule has 0 atom stereocenters. The van der Waals surface area contributed by atoms with Crippen molar-refractivity contribution in [3.05, 3.63) is 217 Å². The third kappa shape index (κ3) is 6.91. The van der Waals surface area contributed by atoms with Gasteiger partial charge in [-0.15, -0.1) is 0 Å². The Kier molecular flexibility index (Phi) is 9.33. The first-order valence-corrected chi connectivity index (χ1v) is 20.6. The number of aromatic nitrogens is 6. The number of H-pyrrole nitrogens is 2. The predicted molar refractivity (Wildman–Crippen MR) is 254 cm³/mol. The van der Waals surface area contributed by atoms with E-state index in [0.717, 1.165) is 112 Å². The van der Waals surface area contributed by atoms with E-state index in [0.29, 0.717) is 0 Å². The summed E-state index contributed by atoms with van der Waals surface area (Å²) in [5, 5.41) is 7.31. The fraction of sp³-hybridized carbons (Fsp3) is 0. The molecule has 8 nitrogen and oxygen atoms in total. The van der Waals surface area contributed by atoms with Crippen LogP contribution in [0, 0.1) is 0 Å². The van der Waals surface area contributed by atoms with Crippen molar-refractivity contribution in [3.63, 3.8) is 0 Å². The normalized spacial score (nSPS) is 12.1. The van der Waals surface area contributed by atoms with Crippen LogP contribution >= 0.6 is 0 Å². The number of anilines is 2. The second kappa shape index (κ2) is 15.9. The molecule has 0 fully saturated rings. The minimum absolute atomic E-state index is 0.719. The smallest absolute Gasteiger partial charge is 0.130 e. The Morgan fingerprint density at radius 2 is 0.645 bits per heavy atom. The van der Waals surface area contributed by atoms with Crippen LogP contribution < -0.4 is 10.6 Å². The molecule has 9 aromatic rings. The summed E-state index contributed by atoms with van der Waals surface area (Å²) in [6, 6.07) is 62.1. The van der Waals surface area contributed by atoms with Gasteiger partial charge in [0.05, 0.1) is 34.2 Å². The second-order valence-electron chi connectivity index (χ2n) is 15.0. The standard InChI is InChI=1S/C54H38N8/c1-5-17-35(18-6-1)49-39-27-29-41(57-39)51(37-21-9-3-10-22-37)54-46(60-48-26-14-16-32-56-48)34-44(62-54)50(36-19-7-2-8-20-36)40-28-30-42(58-40)52(38-23-11-4-12-24-38)53-45(33-43(49)61-53)59-47-25-13-15-31-55-47/h1-34,57-58H,(H,55,59)(H,56,60). The van der Waals surface area contributed by atoms with Gasteiger partial charge in [0.25, 0.3) is 0 Å². The van der Waals surface area contributed by atoms with Crippen LogP contribution in [0.1, 0.15) is 22.8 Å². The van der Waals surface area contributed by atoms with Crippen molar-refractivity contribution in [2.24, 2.45) is 0 Å². The van der Waals surface area contributed by atoms with Gasteiger partial charge in [0.2, 0.25) is 0 Å². The number of hydrogen-bond acceptors (Lipinski definition) is 6. The van der Waals surface area contributed by atoms with Crippen LogP contribution in [-0.4, -0.2) is 29.9 Å². The van der Waals surface area contributed by atoms with Gasteiger partial charge >= 0.3 is 0 Å². The number of rotatable bonds is 8. The maximum atomic E-state index is 5.60. The molecule has 0 aliphatic carbocycles. The van der Waals surface area contributed by atoms with E-state index in [1.54, 1.807) is 12.4 Å². The summed E-state index contributed by atoms with van der Waals surface area (Å²) < 4.78 is 0. The van der Waals surface area contributed by atoms with Crippen molar-refractivity contribution in [2.45, 2.75) is 0 Å². The second-order valence-corrected chi connectivity index (χ2v) is 15.0. The summed E-state index contributed by atoms with van der Waals surface area (Å²) in [7, 11) is 0. The van der Waals surface area contributed by atoms with E-state index in [4.69, 9.17) is 9.97 Å². The van der Waals surface area contributed by atoms with Gasteiger partial charge in [-0.2, -0.15) is 0 Å². The summed E-state index contributed by atoms with van der Waals surface area (Å²) in [4.78, 5) is 28.3. The van der Waals surface area contributed by atoms with Crippen molar-refractivity contribution in [3.8, 4) is 44.5 Å². The zero-order valence-corrected chi connectivity index (χ0v) is 33.4. The molecular formula is C54H38N8. The van der Waals surface area contributed by atoms with E-state index in [-0.39, 0.29) is 0 Å². The fourth-order valence-electron chi connectivity index (χ4n) is 8.33. The number of nitrogens with zero attached hydrogens (tertiary/aromatic N) is 4. The van der Waals surface area contributed by atoms with Crippen LogP contribution in [0.5, 0.6) is 0 Å². The molecule has 0 amide bonds. The zero-order chi connectivity index (χ0) is 41.2. The van der Waals surface area contributed by atoms with E-state index in [2.05, 4.69) is 164 Å². The Bertz CT molecular complexity index is 3080. The van der Waals surface area contributed by atoms with Gasteiger partial charge in [0, 0.05) is 56.7 Å². The molecule has 4 aromatic carbocycles. The Hall–Kier alpha value is -8.62. The number of benzene rings is 4. The molecule has 8 bridgehead atoms. The molecule has 5 aromatic heterocycles. The number of aromatic amines is 2. The Morgan fingerprint density at radius 3 is 0.984 bits per heavy atom. The van der Waals surface area contributed by atoms with Crippen molar-refractivity contribution in [1.29, 1.82) is 0 Å². The van der Waals surface area contributed by atoms with Crippen molar-refractivity contribution >= 4 is 57.2 Å². The highest BCUT2D eigenvalue weighted by molar-refractivity contribution is 6.05. The van der Waals surface area contributed by atoms with Crippen LogP contribution in [-0.2, 0) is 0 Å². The number of fused-ring (bicyclic) bond motifs is 8. The van der Waals surface area contributed by atoms with Gasteiger partial charge < -0.3 is 20.6 Å². The van der Waals surface area contributed by atoms with Crippen molar-refractivity contribution < 1.29 is 0 Å². The Balaban J connectivity index is 1.33. The third-order valence-corrected chi connectivity index (χ3v) is 11.1. The fourth-order valence-corrected chi connectivity index (χ4v) is 8.33. The summed E-state index contributed by atoms with van der Waals surface area (Å²) in [5.74, 6) is 1.44. The molecule has 0 radical (unpaired) electrons. The highest BCUT2D eigenvalue weighted by Gasteiger charge is 2.25. The van der Waals surface area contributed by atoms with Gasteiger partial charge in [-0.05, 0) is 82.9 Å². The van der Waals surface area contributed by atoms with Crippen LogP contribution in [0.4, 0.5) is 11.6 Å². The molecule has 62 heavy (non-hydrogen) atoms. The largest absolute Gasteiger partial charge is 0.354 e. The van der Waals surface area contributed by atoms with E-state index >= 15 is 0 Å². The summed E-state index contributed by atoms with van der Waals surface area (Å²) in [5.41, 5.74) is 16.3. The molecular weight excluding hydrogens is 761 g/mol. The van der Waals surface area contributed by atoms with Crippen molar-refractivity contribution in [1.82, 2.24) is 29.9 Å². The molecule has 294 valence electrons. The molecule has 4 N–H and O–H groups in total. The molecule has 7 heterocycles. The SMILES string of the molecule is C1=C(Nc2ccccn2)c2nc1c(-c1ccccc1)c1ccc([nH]1)c(-c1ccccc1)c1nc(c(-c3ccccc3)c3ccc([nH]3)c2-c2ccccc2)C=C1Nc1ccccn1. The summed E-state index contributed by atoms with van der Waals surface area (Å²) in [6.07, 6.45) is 7.87. The van der Waals surface area contributed by atoms with Gasteiger partial charge in [0.1, 0.15) is 11.6 Å². The molecule has 0 saturated heterocycles. The molecule has 11 rings (SSSR count). The van der Waals surface area contributed by atoms with Crippen LogP contribution in [0.2, 0.25) is 0 Å². The lowest BCUT2D eigenvalue weighted by atomic mass is 10.0. The average Bonchev–Trinajstić information content (AvgIpc) is 4.16. The maximum absolute atomic E-state index is 5.60. The molecule has 2 aliphatic heterocycles. The monoisotopic (exact) mass is 798 g/mol. The maximum Gasteiger partial charge on any atom is 0.130 e. The topological polar surface area (TPSA) is 107 Å². The summed E-state index contributed by atoms with van der Waals surface area (Å²) >= 11 is 0. The van der Waals surface area contributed by atoms with E-state index < -0.39 is 0 Å². The minimum Gasteiger partial charge on any atom is -0.354 e. The minimum atomic E-state index is 0.719. The lowest BCUT2D eigenvalue weighted by Crippen LogP contribution is -2.00. The lowest BCUT2D eigenvalue weighted by molar-refractivity contribution is 1.28. The highest BCUT2D eigenvalue weighted by Crippen LogP contribution is 2.41. The molecule has 0 unspecified atom stereocenters. The van der Waals surface area contributed by atoms with Crippen LogP contribution in [0.25, 0.3) is 90.1 Å². The van der Waals surface area contributed by atoms with Gasteiger partial charge in [0.15, 0.2) is 0 Å².